The van der Waals surface area contributed by atoms with Crippen LogP contribution in [0.4, 0.5) is 36.3 Å². The predicted octanol–water partition coefficient (Wildman–Crippen LogP) is 4.80. The molecule has 2 aromatic carbocycles. The van der Waals surface area contributed by atoms with Crippen LogP contribution < -0.4 is 20.7 Å². The highest BCUT2D eigenvalue weighted by molar-refractivity contribution is 6.00. The van der Waals surface area contributed by atoms with Crippen molar-refractivity contribution >= 4 is 35.0 Å². The molecule has 36 heavy (non-hydrogen) atoms. The summed E-state index contributed by atoms with van der Waals surface area (Å²) in [6.07, 6.45) is -3.35. The number of nitrogens with zero attached hydrogens (tertiary/aromatic N) is 2. The Morgan fingerprint density at radius 1 is 1.17 bits per heavy atom. The van der Waals surface area contributed by atoms with Gasteiger partial charge in [0.1, 0.15) is 23.7 Å². The first-order valence-corrected chi connectivity index (χ1v) is 10.9. The Bertz CT molecular complexity index is 1310. The van der Waals surface area contributed by atoms with Crippen LogP contribution in [0, 0.1) is 0 Å². The second-order valence-corrected chi connectivity index (χ2v) is 7.79. The maximum absolute atomic E-state index is 13.7. The summed E-state index contributed by atoms with van der Waals surface area (Å²) in [4.78, 5) is 32.1. The number of carbonyl (C=O) groups is 2. The van der Waals surface area contributed by atoms with Crippen LogP contribution >= 0.6 is 0 Å². The van der Waals surface area contributed by atoms with E-state index >= 15 is 0 Å². The van der Waals surface area contributed by atoms with Crippen molar-refractivity contribution in [2.24, 2.45) is 0 Å². The summed E-state index contributed by atoms with van der Waals surface area (Å²) < 4.78 is 51.4. The van der Waals surface area contributed by atoms with Crippen LogP contribution in [-0.4, -0.2) is 35.5 Å². The van der Waals surface area contributed by atoms with Crippen LogP contribution in [0.2, 0.25) is 0 Å². The molecule has 0 saturated carbocycles. The van der Waals surface area contributed by atoms with Gasteiger partial charge in [-0.15, -0.1) is 0 Å². The molecular weight excluding hydrogens is 479 g/mol. The zero-order valence-electron chi connectivity index (χ0n) is 19.3. The van der Waals surface area contributed by atoms with Crippen molar-refractivity contribution in [1.82, 2.24) is 15.3 Å². The fourth-order valence-corrected chi connectivity index (χ4v) is 3.55. The van der Waals surface area contributed by atoms with Gasteiger partial charge in [0.15, 0.2) is 0 Å². The summed E-state index contributed by atoms with van der Waals surface area (Å²) in [7, 11) is 1.39. The number of halogens is 3. The number of rotatable bonds is 8. The molecule has 0 spiro atoms. The molecular formula is C24H22F3N5O4. The molecule has 2 heterocycles. The van der Waals surface area contributed by atoms with E-state index in [1.807, 2.05) is 6.92 Å². The molecule has 0 saturated heterocycles. The van der Waals surface area contributed by atoms with Crippen LogP contribution in [0.5, 0.6) is 5.75 Å². The molecule has 1 aliphatic heterocycles. The minimum Gasteiger partial charge on any atom is -0.495 e. The highest BCUT2D eigenvalue weighted by Crippen LogP contribution is 2.37. The van der Waals surface area contributed by atoms with Crippen molar-refractivity contribution < 1.29 is 32.2 Å². The van der Waals surface area contributed by atoms with E-state index in [0.717, 1.165) is 6.42 Å². The summed E-state index contributed by atoms with van der Waals surface area (Å²) >= 11 is 0. The summed E-state index contributed by atoms with van der Waals surface area (Å²) in [6.45, 7) is 2.48. The van der Waals surface area contributed by atoms with Gasteiger partial charge in [-0.2, -0.15) is 18.2 Å². The van der Waals surface area contributed by atoms with E-state index in [2.05, 4.69) is 25.9 Å². The standard InChI is InChI=1S/C24H22F3N5O4/c1-3-9-28-21(33)13-7-8-16(18(10-13)35-2)31-23-29-11-15(24(25,26)27)20(32-23)30-17-6-4-5-14-12-36-22(34)19(14)17/h4-8,10-11H,3,9,12H2,1-2H3,(H,28,33)(H2,29,30,31,32). The van der Waals surface area contributed by atoms with Gasteiger partial charge in [-0.3, -0.25) is 4.79 Å². The molecule has 0 atom stereocenters. The lowest BCUT2D eigenvalue weighted by Crippen LogP contribution is -2.23. The number of ether oxygens (including phenoxy) is 2. The SMILES string of the molecule is CCCNC(=O)c1ccc(Nc2ncc(C(F)(F)F)c(Nc3cccc4c3C(=O)OC4)n2)c(OC)c1. The number of amides is 1. The second-order valence-electron chi connectivity index (χ2n) is 7.79. The van der Waals surface area contributed by atoms with Crippen molar-refractivity contribution in [1.29, 1.82) is 0 Å². The lowest BCUT2D eigenvalue weighted by Gasteiger charge is -2.17. The Labute approximate surface area is 204 Å². The maximum Gasteiger partial charge on any atom is 0.421 e. The van der Waals surface area contributed by atoms with Gasteiger partial charge >= 0.3 is 12.1 Å². The fraction of sp³-hybridized carbons (Fsp3) is 0.250. The van der Waals surface area contributed by atoms with Crippen molar-refractivity contribution in [2.45, 2.75) is 26.1 Å². The van der Waals surface area contributed by atoms with Crippen molar-refractivity contribution in [3.8, 4) is 5.75 Å². The third kappa shape index (κ3) is 5.16. The summed E-state index contributed by atoms with van der Waals surface area (Å²) in [5, 5.41) is 8.19. The van der Waals surface area contributed by atoms with Gasteiger partial charge in [-0.1, -0.05) is 19.1 Å². The summed E-state index contributed by atoms with van der Waals surface area (Å²) in [6, 6.07) is 9.29. The van der Waals surface area contributed by atoms with Crippen molar-refractivity contribution in [3.63, 3.8) is 0 Å². The monoisotopic (exact) mass is 501 g/mol. The number of carbonyl (C=O) groups excluding carboxylic acids is 2. The van der Waals surface area contributed by atoms with Crippen LogP contribution in [0.25, 0.3) is 0 Å². The smallest absolute Gasteiger partial charge is 0.421 e. The van der Waals surface area contributed by atoms with Gasteiger partial charge < -0.3 is 25.4 Å². The summed E-state index contributed by atoms with van der Waals surface area (Å²) in [5.74, 6) is -1.37. The third-order valence-electron chi connectivity index (χ3n) is 5.31. The molecule has 0 unspecified atom stereocenters. The molecule has 3 N–H and O–H groups in total. The van der Waals surface area contributed by atoms with Gasteiger partial charge in [-0.05, 0) is 30.7 Å². The lowest BCUT2D eigenvalue weighted by atomic mass is 10.1. The molecule has 1 aliphatic rings. The van der Waals surface area contributed by atoms with E-state index in [0.29, 0.717) is 29.6 Å². The maximum atomic E-state index is 13.7. The first-order chi connectivity index (χ1) is 17.2. The number of cyclic esters (lactones) is 1. The van der Waals surface area contributed by atoms with Crippen LogP contribution in [0.3, 0.4) is 0 Å². The topological polar surface area (TPSA) is 114 Å². The highest BCUT2D eigenvalue weighted by Gasteiger charge is 2.36. The average molecular weight is 501 g/mol. The molecule has 1 aromatic heterocycles. The molecule has 0 aliphatic carbocycles. The first-order valence-electron chi connectivity index (χ1n) is 10.9. The predicted molar refractivity (Wildman–Crippen MR) is 125 cm³/mol. The minimum absolute atomic E-state index is 0.0403. The number of esters is 1. The molecule has 0 bridgehead atoms. The average Bonchev–Trinajstić information content (AvgIpc) is 3.24. The zero-order valence-corrected chi connectivity index (χ0v) is 19.3. The Hall–Kier alpha value is -4.35. The fourth-order valence-electron chi connectivity index (χ4n) is 3.55. The number of hydrogen-bond acceptors (Lipinski definition) is 8. The van der Waals surface area contributed by atoms with E-state index in [1.165, 1.54) is 31.4 Å². The van der Waals surface area contributed by atoms with Crippen LogP contribution in [0.1, 0.15) is 45.2 Å². The number of hydrogen-bond donors (Lipinski definition) is 3. The van der Waals surface area contributed by atoms with Crippen molar-refractivity contribution in [3.05, 3.63) is 64.8 Å². The number of alkyl halides is 3. The van der Waals surface area contributed by atoms with E-state index < -0.39 is 23.5 Å². The van der Waals surface area contributed by atoms with E-state index in [-0.39, 0.29) is 35.5 Å². The third-order valence-corrected chi connectivity index (χ3v) is 5.31. The van der Waals surface area contributed by atoms with E-state index in [9.17, 15) is 22.8 Å². The number of benzene rings is 2. The van der Waals surface area contributed by atoms with Crippen LogP contribution in [-0.2, 0) is 17.5 Å². The van der Waals surface area contributed by atoms with Gasteiger partial charge in [-0.25, -0.2) is 9.78 Å². The number of aromatic nitrogens is 2. The Morgan fingerprint density at radius 2 is 1.97 bits per heavy atom. The lowest BCUT2D eigenvalue weighted by molar-refractivity contribution is -0.137. The zero-order chi connectivity index (χ0) is 25.9. The second kappa shape index (κ2) is 10.1. The molecule has 12 heteroatoms. The highest BCUT2D eigenvalue weighted by atomic mass is 19.4. The van der Waals surface area contributed by atoms with Gasteiger partial charge in [0.2, 0.25) is 5.95 Å². The molecule has 0 fully saturated rings. The summed E-state index contributed by atoms with van der Waals surface area (Å²) in [5.41, 5.74) is 0.402. The number of fused-ring (bicyclic) bond motifs is 1. The molecule has 0 radical (unpaired) electrons. The van der Waals surface area contributed by atoms with Crippen molar-refractivity contribution in [2.75, 3.05) is 24.3 Å². The number of anilines is 4. The molecule has 4 rings (SSSR count). The molecule has 9 nitrogen and oxygen atoms in total. The quantitative estimate of drug-likeness (QED) is 0.377. The largest absolute Gasteiger partial charge is 0.495 e. The molecule has 188 valence electrons. The van der Waals surface area contributed by atoms with E-state index in [1.54, 1.807) is 12.1 Å². The Morgan fingerprint density at radius 3 is 2.69 bits per heavy atom. The minimum atomic E-state index is -4.76. The van der Waals surface area contributed by atoms with Gasteiger partial charge in [0.25, 0.3) is 5.91 Å². The molecule has 3 aromatic rings. The first kappa shape index (κ1) is 24.8. The van der Waals surface area contributed by atoms with E-state index in [4.69, 9.17) is 9.47 Å². The Kier molecular flexibility index (Phi) is 6.95. The number of methoxy groups -OCH3 is 1. The molecule has 1 amide bonds. The Balaban J connectivity index is 1.66. The van der Waals surface area contributed by atoms with Crippen LogP contribution in [0.15, 0.2) is 42.6 Å². The van der Waals surface area contributed by atoms with Gasteiger partial charge in [0.05, 0.1) is 24.0 Å². The normalized spacial score (nSPS) is 12.5. The number of nitrogens with one attached hydrogen (secondary N) is 3. The van der Waals surface area contributed by atoms with Gasteiger partial charge in [0, 0.05) is 23.9 Å².